The Hall–Kier alpha value is -2.70. The summed E-state index contributed by atoms with van der Waals surface area (Å²) in [7, 11) is 0. The number of amides is 1. The van der Waals surface area contributed by atoms with Crippen molar-refractivity contribution >= 4 is 11.6 Å². The number of nitrogens with one attached hydrogen (secondary N) is 1. The molecule has 0 aliphatic rings. The molecule has 0 aliphatic carbocycles. The van der Waals surface area contributed by atoms with Crippen LogP contribution in [0.4, 0.5) is 0 Å². The second-order valence-corrected chi connectivity index (χ2v) is 5.34. The molecule has 0 radical (unpaired) electrons. The molecule has 3 aromatic rings. The number of pyridine rings is 1. The van der Waals surface area contributed by atoms with E-state index in [1.807, 2.05) is 13.8 Å². The molecule has 0 aliphatic heterocycles. The Balaban J connectivity index is 1.84. The Kier molecular flexibility index (Phi) is 2.97. The highest BCUT2D eigenvalue weighted by Crippen LogP contribution is 2.18. The van der Waals surface area contributed by atoms with E-state index in [4.69, 9.17) is 4.52 Å². The summed E-state index contributed by atoms with van der Waals surface area (Å²) in [4.78, 5) is 20.7. The van der Waals surface area contributed by atoms with E-state index in [2.05, 4.69) is 20.4 Å². The minimum atomic E-state index is -0.748. The first-order chi connectivity index (χ1) is 9.95. The fraction of sp³-hybridized carbons (Fsp3) is 0.286. The van der Waals surface area contributed by atoms with E-state index in [-0.39, 0.29) is 5.91 Å². The second kappa shape index (κ2) is 4.69. The number of rotatable bonds is 3. The maximum absolute atomic E-state index is 12.4. The van der Waals surface area contributed by atoms with Crippen LogP contribution >= 0.6 is 0 Å². The normalized spacial score (nSPS) is 11.8. The molecule has 0 spiro atoms. The molecular weight excluding hydrogens is 270 g/mol. The first kappa shape index (κ1) is 13.3. The van der Waals surface area contributed by atoms with Crippen LogP contribution in [-0.4, -0.2) is 25.4 Å². The molecule has 108 valence electrons. The number of hydrogen-bond donors (Lipinski definition) is 1. The van der Waals surface area contributed by atoms with Crippen molar-refractivity contribution in [1.29, 1.82) is 0 Å². The van der Waals surface area contributed by atoms with Gasteiger partial charge in [0.2, 0.25) is 0 Å². The number of carbonyl (C=O) groups excluding carboxylic acids is 1. The molecule has 21 heavy (non-hydrogen) atoms. The maximum atomic E-state index is 12.4. The molecule has 7 heteroatoms. The van der Waals surface area contributed by atoms with Crippen molar-refractivity contribution in [2.75, 3.05) is 0 Å². The van der Waals surface area contributed by atoms with Gasteiger partial charge in [0.05, 0.1) is 5.56 Å². The number of carbonyl (C=O) groups is 1. The Bertz CT molecular complexity index is 802. The number of aryl methyl sites for hydroxylation is 1. The molecule has 0 saturated heterocycles. The van der Waals surface area contributed by atoms with Gasteiger partial charge in [0.25, 0.3) is 11.8 Å². The monoisotopic (exact) mass is 285 g/mol. The van der Waals surface area contributed by atoms with Crippen LogP contribution in [0.5, 0.6) is 0 Å². The quantitative estimate of drug-likeness (QED) is 0.791. The van der Waals surface area contributed by atoms with Gasteiger partial charge in [0, 0.05) is 18.6 Å². The van der Waals surface area contributed by atoms with Gasteiger partial charge in [-0.25, -0.2) is 4.98 Å². The molecule has 0 fully saturated rings. The fourth-order valence-electron chi connectivity index (χ4n) is 2.01. The summed E-state index contributed by atoms with van der Waals surface area (Å²) in [5.74, 6) is 0.690. The lowest BCUT2D eigenvalue weighted by atomic mass is 10.1. The second-order valence-electron chi connectivity index (χ2n) is 5.34. The average molecular weight is 285 g/mol. The highest BCUT2D eigenvalue weighted by Gasteiger charge is 2.29. The van der Waals surface area contributed by atoms with Crippen molar-refractivity contribution in [1.82, 2.24) is 24.8 Å². The van der Waals surface area contributed by atoms with Gasteiger partial charge in [0.1, 0.15) is 11.2 Å². The highest BCUT2D eigenvalue weighted by molar-refractivity contribution is 5.94. The first-order valence-electron chi connectivity index (χ1n) is 6.52. The molecule has 1 amide bonds. The maximum Gasteiger partial charge on any atom is 0.253 e. The van der Waals surface area contributed by atoms with Crippen molar-refractivity contribution in [3.63, 3.8) is 0 Å². The van der Waals surface area contributed by atoms with Crippen molar-refractivity contribution in [2.45, 2.75) is 26.3 Å². The lowest BCUT2D eigenvalue weighted by molar-refractivity contribution is 0.0894. The Labute approximate surface area is 121 Å². The number of fused-ring (bicyclic) bond motifs is 1. The highest BCUT2D eigenvalue weighted by atomic mass is 16.5. The summed E-state index contributed by atoms with van der Waals surface area (Å²) in [6.07, 6.45) is 5.20. The third-order valence-corrected chi connectivity index (χ3v) is 3.14. The van der Waals surface area contributed by atoms with E-state index in [9.17, 15) is 4.79 Å². The summed E-state index contributed by atoms with van der Waals surface area (Å²) in [6, 6.07) is 3.52. The van der Waals surface area contributed by atoms with E-state index in [1.165, 1.54) is 0 Å². The zero-order valence-electron chi connectivity index (χ0n) is 12.0. The van der Waals surface area contributed by atoms with Crippen LogP contribution in [-0.2, 0) is 5.54 Å². The van der Waals surface area contributed by atoms with Crippen molar-refractivity contribution in [3.05, 3.63) is 48.0 Å². The predicted octanol–water partition coefficient (Wildman–Crippen LogP) is 1.69. The van der Waals surface area contributed by atoms with Crippen LogP contribution in [0.15, 0.2) is 35.2 Å². The smallest absolute Gasteiger partial charge is 0.253 e. The molecule has 0 atom stereocenters. The Morgan fingerprint density at radius 3 is 2.90 bits per heavy atom. The molecular formula is C14H15N5O2. The predicted molar refractivity (Wildman–Crippen MR) is 74.7 cm³/mol. The fourth-order valence-corrected chi connectivity index (χ4v) is 2.01. The van der Waals surface area contributed by atoms with Crippen LogP contribution in [0.3, 0.4) is 0 Å². The van der Waals surface area contributed by atoms with Gasteiger partial charge in [-0.3, -0.25) is 4.79 Å². The number of aromatic nitrogens is 4. The largest absolute Gasteiger partial charge is 0.338 e. The molecule has 0 bridgehead atoms. The van der Waals surface area contributed by atoms with E-state index in [0.29, 0.717) is 17.3 Å². The molecule has 0 aromatic carbocycles. The third-order valence-electron chi connectivity index (χ3n) is 3.14. The van der Waals surface area contributed by atoms with Crippen LogP contribution in [0, 0.1) is 6.92 Å². The van der Waals surface area contributed by atoms with Crippen LogP contribution in [0.25, 0.3) is 5.65 Å². The summed E-state index contributed by atoms with van der Waals surface area (Å²) in [5.41, 5.74) is 0.575. The standard InChI is InChI=1S/C14H15N5O2/c1-9-16-13(21-18-9)14(2,3)17-12(20)10-4-5-11-15-6-7-19(11)8-10/h4-8H,1-3H3,(H,17,20). The van der Waals surface area contributed by atoms with Crippen LogP contribution in [0.1, 0.15) is 35.9 Å². The molecule has 3 rings (SSSR count). The summed E-state index contributed by atoms with van der Waals surface area (Å²) >= 11 is 0. The number of imidazole rings is 1. The zero-order chi connectivity index (χ0) is 15.0. The van der Waals surface area contributed by atoms with Gasteiger partial charge in [-0.2, -0.15) is 4.98 Å². The van der Waals surface area contributed by atoms with E-state index in [1.54, 1.807) is 42.0 Å². The SMILES string of the molecule is Cc1noc(C(C)(C)NC(=O)c2ccc3nccn3c2)n1. The molecule has 0 saturated carbocycles. The van der Waals surface area contributed by atoms with E-state index in [0.717, 1.165) is 5.65 Å². The van der Waals surface area contributed by atoms with Gasteiger partial charge in [0.15, 0.2) is 5.82 Å². The van der Waals surface area contributed by atoms with Gasteiger partial charge >= 0.3 is 0 Å². The summed E-state index contributed by atoms with van der Waals surface area (Å²) < 4.78 is 6.92. The van der Waals surface area contributed by atoms with E-state index >= 15 is 0 Å². The van der Waals surface area contributed by atoms with E-state index < -0.39 is 5.54 Å². The Morgan fingerprint density at radius 2 is 2.19 bits per heavy atom. The number of hydrogen-bond acceptors (Lipinski definition) is 5. The van der Waals surface area contributed by atoms with Gasteiger partial charge in [-0.15, -0.1) is 0 Å². The van der Waals surface area contributed by atoms with Crippen molar-refractivity contribution in [2.24, 2.45) is 0 Å². The zero-order valence-corrected chi connectivity index (χ0v) is 12.0. The molecule has 7 nitrogen and oxygen atoms in total. The number of nitrogens with zero attached hydrogens (tertiary/aromatic N) is 4. The van der Waals surface area contributed by atoms with Crippen LogP contribution < -0.4 is 5.32 Å². The minimum absolute atomic E-state index is 0.216. The summed E-state index contributed by atoms with van der Waals surface area (Å²) in [5, 5.41) is 6.64. The lowest BCUT2D eigenvalue weighted by Crippen LogP contribution is -2.41. The molecule has 1 N–H and O–H groups in total. The van der Waals surface area contributed by atoms with Gasteiger partial charge < -0.3 is 14.2 Å². The van der Waals surface area contributed by atoms with Crippen LogP contribution in [0.2, 0.25) is 0 Å². The first-order valence-corrected chi connectivity index (χ1v) is 6.52. The average Bonchev–Trinajstić information content (AvgIpc) is 3.05. The molecule has 0 unspecified atom stereocenters. The van der Waals surface area contributed by atoms with Gasteiger partial charge in [-0.1, -0.05) is 5.16 Å². The van der Waals surface area contributed by atoms with Gasteiger partial charge in [-0.05, 0) is 32.9 Å². The third kappa shape index (κ3) is 2.49. The van der Waals surface area contributed by atoms with Crippen molar-refractivity contribution in [3.8, 4) is 0 Å². The minimum Gasteiger partial charge on any atom is -0.338 e. The molecule has 3 aromatic heterocycles. The topological polar surface area (TPSA) is 85.3 Å². The Morgan fingerprint density at radius 1 is 1.38 bits per heavy atom. The van der Waals surface area contributed by atoms with Crippen molar-refractivity contribution < 1.29 is 9.32 Å². The molecule has 3 heterocycles. The summed E-state index contributed by atoms with van der Waals surface area (Å²) in [6.45, 7) is 5.36. The lowest BCUT2D eigenvalue weighted by Gasteiger charge is -2.21.